The lowest BCUT2D eigenvalue weighted by Gasteiger charge is -2.03. The zero-order chi connectivity index (χ0) is 14.7. The second-order valence-electron chi connectivity index (χ2n) is 3.72. The maximum absolute atomic E-state index is 3.93. The molecule has 0 saturated heterocycles. The highest BCUT2D eigenvalue weighted by Gasteiger charge is 1.96. The molecule has 2 aromatic carbocycles. The fraction of sp³-hybridized carbons (Fsp3) is 0.263. The van der Waals surface area contributed by atoms with Crippen LogP contribution in [0.25, 0.3) is 16.7 Å². The van der Waals surface area contributed by atoms with Gasteiger partial charge in [0.1, 0.15) is 0 Å². The molecule has 0 aliphatic rings. The zero-order valence-electron chi connectivity index (χ0n) is 12.9. The molecule has 102 valence electrons. The van der Waals surface area contributed by atoms with Gasteiger partial charge in [0, 0.05) is 0 Å². The van der Waals surface area contributed by atoms with Crippen LogP contribution in [0.15, 0.2) is 61.2 Å². The van der Waals surface area contributed by atoms with Crippen LogP contribution >= 0.6 is 0 Å². The molecule has 0 radical (unpaired) electrons. The maximum Gasteiger partial charge on any atom is -0.0184 e. The molecule has 0 amide bonds. The van der Waals surface area contributed by atoms with Crippen molar-refractivity contribution < 1.29 is 0 Å². The molecule has 19 heavy (non-hydrogen) atoms. The van der Waals surface area contributed by atoms with Crippen LogP contribution in [0.1, 0.15) is 40.2 Å². The van der Waals surface area contributed by atoms with Gasteiger partial charge < -0.3 is 0 Å². The van der Waals surface area contributed by atoms with Crippen LogP contribution < -0.4 is 0 Å². The Bertz CT molecular complexity index is 449. The molecule has 0 bridgehead atoms. The first-order valence-corrected chi connectivity index (χ1v) is 7.09. The Morgan fingerprint density at radius 2 is 1.11 bits per heavy atom. The Labute approximate surface area is 118 Å². The van der Waals surface area contributed by atoms with Crippen molar-refractivity contribution in [2.75, 3.05) is 0 Å². The zero-order valence-corrected chi connectivity index (χ0v) is 12.9. The monoisotopic (exact) mass is 254 g/mol. The highest BCUT2D eigenvalue weighted by atomic mass is 14.0. The summed E-state index contributed by atoms with van der Waals surface area (Å²) in [4.78, 5) is 0. The van der Waals surface area contributed by atoms with Gasteiger partial charge >= 0.3 is 0 Å². The average Bonchev–Trinajstić information content (AvgIpc) is 2.52. The van der Waals surface area contributed by atoms with Gasteiger partial charge in [-0.3, -0.25) is 0 Å². The molecular formula is C19H26. The van der Waals surface area contributed by atoms with Crippen LogP contribution in [-0.4, -0.2) is 0 Å². The van der Waals surface area contributed by atoms with Gasteiger partial charge in [0.2, 0.25) is 0 Å². The van der Waals surface area contributed by atoms with Crippen LogP contribution in [0.5, 0.6) is 0 Å². The van der Waals surface area contributed by atoms with Crippen molar-refractivity contribution in [3.63, 3.8) is 0 Å². The predicted octanol–water partition coefficient (Wildman–Crippen LogP) is 6.44. The van der Waals surface area contributed by atoms with Crippen LogP contribution in [0.3, 0.4) is 0 Å². The van der Waals surface area contributed by atoms with Crippen molar-refractivity contribution in [3.05, 3.63) is 66.7 Å². The standard InChI is InChI=1S/C15H14.2C2H6/c1-12(2)13-8-10-15(11-9-13)14-6-4-3-5-7-14;2*1-2/h3-11H,1H2,2H3;2*1-2H3. The molecule has 0 saturated carbocycles. The lowest BCUT2D eigenvalue weighted by molar-refractivity contribution is 1.50. The first-order chi connectivity index (χ1) is 9.27. The van der Waals surface area contributed by atoms with Gasteiger partial charge in [0.25, 0.3) is 0 Å². The van der Waals surface area contributed by atoms with Gasteiger partial charge in [-0.15, -0.1) is 0 Å². The molecule has 0 spiro atoms. The summed E-state index contributed by atoms with van der Waals surface area (Å²) < 4.78 is 0. The fourth-order valence-corrected chi connectivity index (χ4v) is 1.58. The Morgan fingerprint density at radius 3 is 1.53 bits per heavy atom. The summed E-state index contributed by atoms with van der Waals surface area (Å²) in [6.45, 7) is 14.0. The van der Waals surface area contributed by atoms with E-state index >= 15 is 0 Å². The third-order valence-electron chi connectivity index (χ3n) is 2.48. The van der Waals surface area contributed by atoms with E-state index in [1.807, 2.05) is 40.7 Å². The maximum atomic E-state index is 3.93. The molecule has 0 fully saturated rings. The SMILES string of the molecule is C=C(C)c1ccc(-c2ccccc2)cc1.CC.CC. The van der Waals surface area contributed by atoms with E-state index in [9.17, 15) is 0 Å². The van der Waals surface area contributed by atoms with Crippen molar-refractivity contribution in [1.29, 1.82) is 0 Å². The topological polar surface area (TPSA) is 0 Å². The molecular weight excluding hydrogens is 228 g/mol. The molecule has 0 heteroatoms. The van der Waals surface area contributed by atoms with Gasteiger partial charge in [-0.1, -0.05) is 94.4 Å². The summed E-state index contributed by atoms with van der Waals surface area (Å²) >= 11 is 0. The lowest BCUT2D eigenvalue weighted by atomic mass is 10.0. The van der Waals surface area contributed by atoms with Gasteiger partial charge in [0.15, 0.2) is 0 Å². The van der Waals surface area contributed by atoms with E-state index < -0.39 is 0 Å². The second kappa shape index (κ2) is 10.1. The molecule has 2 aromatic rings. The third-order valence-corrected chi connectivity index (χ3v) is 2.48. The molecule has 0 N–H and O–H groups in total. The highest BCUT2D eigenvalue weighted by molar-refractivity contribution is 5.68. The van der Waals surface area contributed by atoms with Crippen molar-refractivity contribution >= 4 is 5.57 Å². The van der Waals surface area contributed by atoms with Crippen molar-refractivity contribution in [2.24, 2.45) is 0 Å². The van der Waals surface area contributed by atoms with Gasteiger partial charge in [-0.25, -0.2) is 0 Å². The van der Waals surface area contributed by atoms with Crippen LogP contribution in [0, 0.1) is 0 Å². The molecule has 0 atom stereocenters. The van der Waals surface area contributed by atoms with E-state index in [1.165, 1.54) is 16.7 Å². The molecule has 2 rings (SSSR count). The van der Waals surface area contributed by atoms with Crippen LogP contribution in [-0.2, 0) is 0 Å². The number of rotatable bonds is 2. The predicted molar refractivity (Wildman–Crippen MR) is 89.3 cm³/mol. The number of hydrogen-bond acceptors (Lipinski definition) is 0. The van der Waals surface area contributed by atoms with Crippen LogP contribution in [0.4, 0.5) is 0 Å². The largest absolute Gasteiger partial charge is 0.0955 e. The average molecular weight is 254 g/mol. The Hall–Kier alpha value is -1.82. The summed E-state index contributed by atoms with van der Waals surface area (Å²) in [6.07, 6.45) is 0. The summed E-state index contributed by atoms with van der Waals surface area (Å²) in [5.41, 5.74) is 4.82. The molecule has 0 nitrogen and oxygen atoms in total. The van der Waals surface area contributed by atoms with E-state index in [4.69, 9.17) is 0 Å². The highest BCUT2D eigenvalue weighted by Crippen LogP contribution is 2.21. The first kappa shape index (κ1) is 17.2. The Morgan fingerprint density at radius 1 is 0.684 bits per heavy atom. The Balaban J connectivity index is 0.000000741. The van der Waals surface area contributed by atoms with E-state index in [1.54, 1.807) is 0 Å². The minimum absolute atomic E-state index is 1.11. The van der Waals surface area contributed by atoms with Gasteiger partial charge in [-0.2, -0.15) is 0 Å². The second-order valence-corrected chi connectivity index (χ2v) is 3.72. The molecule has 0 unspecified atom stereocenters. The number of hydrogen-bond donors (Lipinski definition) is 0. The van der Waals surface area contributed by atoms with E-state index in [2.05, 4.69) is 55.1 Å². The van der Waals surface area contributed by atoms with Crippen molar-refractivity contribution in [1.82, 2.24) is 0 Å². The van der Waals surface area contributed by atoms with Gasteiger partial charge in [-0.05, 0) is 23.6 Å². The molecule has 0 aliphatic carbocycles. The third kappa shape index (κ3) is 5.56. The van der Waals surface area contributed by atoms with E-state index in [0.717, 1.165) is 5.57 Å². The van der Waals surface area contributed by atoms with E-state index in [-0.39, 0.29) is 0 Å². The summed E-state index contributed by atoms with van der Waals surface area (Å²) in [6, 6.07) is 18.9. The first-order valence-electron chi connectivity index (χ1n) is 7.09. The van der Waals surface area contributed by atoms with Crippen molar-refractivity contribution in [3.8, 4) is 11.1 Å². The normalized spacial score (nSPS) is 8.47. The molecule has 0 aromatic heterocycles. The smallest absolute Gasteiger partial charge is 0.0184 e. The fourth-order valence-electron chi connectivity index (χ4n) is 1.58. The number of allylic oxidation sites excluding steroid dienone is 1. The molecule has 0 aliphatic heterocycles. The minimum atomic E-state index is 1.11. The van der Waals surface area contributed by atoms with Gasteiger partial charge in [0.05, 0.1) is 0 Å². The number of benzene rings is 2. The quantitative estimate of drug-likeness (QED) is 0.578. The summed E-state index contributed by atoms with van der Waals surface area (Å²) in [5.74, 6) is 0. The van der Waals surface area contributed by atoms with E-state index in [0.29, 0.717) is 0 Å². The summed E-state index contributed by atoms with van der Waals surface area (Å²) in [5, 5.41) is 0. The molecule has 0 heterocycles. The summed E-state index contributed by atoms with van der Waals surface area (Å²) in [7, 11) is 0. The minimum Gasteiger partial charge on any atom is -0.0955 e. The van der Waals surface area contributed by atoms with Crippen molar-refractivity contribution in [2.45, 2.75) is 34.6 Å². The Kier molecular flexibility index (Phi) is 9.16. The van der Waals surface area contributed by atoms with Crippen LogP contribution in [0.2, 0.25) is 0 Å². The lowest BCUT2D eigenvalue weighted by Crippen LogP contribution is -1.80.